The topological polar surface area (TPSA) is 96.9 Å². The Morgan fingerprint density at radius 2 is 2.06 bits per heavy atom. The summed E-state index contributed by atoms with van der Waals surface area (Å²) in [7, 11) is -3.69. The Balaban J connectivity index is 1.75. The normalized spacial score (nSPS) is 17.2. The Labute approximate surface area is 193 Å². The number of amides is 1. The molecule has 1 unspecified atom stereocenters. The molecule has 1 aromatic carbocycles. The zero-order chi connectivity index (χ0) is 23.5. The predicted octanol–water partition coefficient (Wildman–Crippen LogP) is 3.74. The van der Waals surface area contributed by atoms with E-state index in [4.69, 9.17) is 4.74 Å². The molecular weight excluding hydrogens is 450 g/mol. The van der Waals surface area contributed by atoms with Gasteiger partial charge in [0.15, 0.2) is 5.13 Å². The van der Waals surface area contributed by atoms with Crippen molar-refractivity contribution in [2.45, 2.75) is 64.5 Å². The van der Waals surface area contributed by atoms with Gasteiger partial charge in [-0.25, -0.2) is 18.2 Å². The molecule has 1 aromatic heterocycles. The van der Waals surface area contributed by atoms with Crippen LogP contribution in [-0.2, 0) is 26.2 Å². The van der Waals surface area contributed by atoms with Gasteiger partial charge in [-0.15, -0.1) is 11.3 Å². The van der Waals surface area contributed by atoms with Gasteiger partial charge in [0.2, 0.25) is 15.9 Å². The molecule has 0 N–H and O–H groups in total. The minimum Gasteiger partial charge on any atom is -0.456 e. The van der Waals surface area contributed by atoms with Crippen LogP contribution in [0.1, 0.15) is 61.6 Å². The molecule has 1 fully saturated rings. The molecule has 0 saturated carbocycles. The van der Waals surface area contributed by atoms with Crippen LogP contribution in [0.15, 0.2) is 28.5 Å². The molecule has 1 atom stereocenters. The Morgan fingerprint density at radius 3 is 2.72 bits per heavy atom. The van der Waals surface area contributed by atoms with E-state index in [2.05, 4.69) is 4.98 Å². The molecule has 2 heterocycles. The third-order valence-corrected chi connectivity index (χ3v) is 8.52. The van der Waals surface area contributed by atoms with E-state index in [9.17, 15) is 18.0 Å². The fourth-order valence-electron chi connectivity index (χ4n) is 3.74. The van der Waals surface area contributed by atoms with Gasteiger partial charge < -0.3 is 4.74 Å². The number of carbonyl (C=O) groups excluding carboxylic acids is 2. The third kappa shape index (κ3) is 5.19. The summed E-state index contributed by atoms with van der Waals surface area (Å²) in [6, 6.07) is 4.50. The summed E-state index contributed by atoms with van der Waals surface area (Å²) < 4.78 is 33.2. The molecule has 10 heteroatoms. The van der Waals surface area contributed by atoms with E-state index < -0.39 is 16.0 Å². The molecule has 174 valence electrons. The van der Waals surface area contributed by atoms with Crippen LogP contribution in [0.5, 0.6) is 0 Å². The van der Waals surface area contributed by atoms with Crippen LogP contribution in [0.3, 0.4) is 0 Å². The number of sulfonamides is 1. The SMILES string of the molecule is CCN(C(C)=O)c1nc(COC(=O)c2cc(S(=O)(=O)N3CCCCC3C)ccc2C)cs1. The molecular formula is C22H29N3O5S2. The second-order valence-electron chi connectivity index (χ2n) is 7.90. The van der Waals surface area contributed by atoms with Crippen molar-refractivity contribution in [3.05, 3.63) is 40.4 Å². The van der Waals surface area contributed by atoms with Gasteiger partial charge in [-0.05, 0) is 51.3 Å². The number of aryl methyl sites for hydroxylation is 1. The van der Waals surface area contributed by atoms with E-state index in [1.165, 1.54) is 39.6 Å². The first-order valence-corrected chi connectivity index (χ1v) is 13.0. The number of aromatic nitrogens is 1. The Morgan fingerprint density at radius 1 is 1.31 bits per heavy atom. The lowest BCUT2D eigenvalue weighted by atomic mass is 10.1. The van der Waals surface area contributed by atoms with Gasteiger partial charge in [0.05, 0.1) is 16.2 Å². The lowest BCUT2D eigenvalue weighted by molar-refractivity contribution is -0.116. The largest absolute Gasteiger partial charge is 0.456 e. The van der Waals surface area contributed by atoms with Crippen molar-refractivity contribution in [2.75, 3.05) is 18.0 Å². The van der Waals surface area contributed by atoms with Crippen molar-refractivity contribution in [3.8, 4) is 0 Å². The highest BCUT2D eigenvalue weighted by molar-refractivity contribution is 7.89. The van der Waals surface area contributed by atoms with Gasteiger partial charge in [0.25, 0.3) is 0 Å². The highest BCUT2D eigenvalue weighted by Gasteiger charge is 2.31. The van der Waals surface area contributed by atoms with E-state index in [0.29, 0.717) is 29.5 Å². The highest BCUT2D eigenvalue weighted by Crippen LogP contribution is 2.27. The summed E-state index contributed by atoms with van der Waals surface area (Å²) in [5.41, 5.74) is 1.38. The van der Waals surface area contributed by atoms with Crippen LogP contribution in [0.25, 0.3) is 0 Å². The Kier molecular flexibility index (Phi) is 7.68. The van der Waals surface area contributed by atoms with Crippen LogP contribution in [0, 0.1) is 6.92 Å². The van der Waals surface area contributed by atoms with Crippen LogP contribution in [0.4, 0.5) is 5.13 Å². The number of esters is 1. The molecule has 8 nitrogen and oxygen atoms in total. The number of anilines is 1. The van der Waals surface area contributed by atoms with Crippen molar-refractivity contribution < 1.29 is 22.7 Å². The minimum absolute atomic E-state index is 0.0651. The predicted molar refractivity (Wildman–Crippen MR) is 123 cm³/mol. The van der Waals surface area contributed by atoms with Crippen molar-refractivity contribution in [1.82, 2.24) is 9.29 Å². The number of rotatable bonds is 7. The van der Waals surface area contributed by atoms with E-state index in [-0.39, 0.29) is 29.0 Å². The minimum atomic E-state index is -3.69. The van der Waals surface area contributed by atoms with E-state index in [1.54, 1.807) is 18.4 Å². The van der Waals surface area contributed by atoms with Crippen LogP contribution in [0.2, 0.25) is 0 Å². The molecule has 1 amide bonds. The lowest BCUT2D eigenvalue weighted by Crippen LogP contribution is -2.41. The van der Waals surface area contributed by atoms with Gasteiger partial charge in [0, 0.05) is 31.4 Å². The number of thiazole rings is 1. The molecule has 0 aliphatic carbocycles. The molecule has 1 saturated heterocycles. The molecule has 2 aromatic rings. The molecule has 32 heavy (non-hydrogen) atoms. The van der Waals surface area contributed by atoms with E-state index >= 15 is 0 Å². The van der Waals surface area contributed by atoms with Crippen molar-refractivity contribution in [1.29, 1.82) is 0 Å². The molecule has 0 radical (unpaired) electrons. The molecule has 0 bridgehead atoms. The van der Waals surface area contributed by atoms with Crippen LogP contribution < -0.4 is 4.90 Å². The monoisotopic (exact) mass is 479 g/mol. The number of ether oxygens (including phenoxy) is 1. The molecule has 1 aliphatic rings. The maximum atomic E-state index is 13.1. The Bertz CT molecular complexity index is 1100. The highest BCUT2D eigenvalue weighted by atomic mass is 32.2. The molecule has 0 spiro atoms. The fourth-order valence-corrected chi connectivity index (χ4v) is 6.39. The summed E-state index contributed by atoms with van der Waals surface area (Å²) in [6.45, 7) is 7.90. The van der Waals surface area contributed by atoms with Gasteiger partial charge in [-0.2, -0.15) is 4.31 Å². The quantitative estimate of drug-likeness (QED) is 0.561. The van der Waals surface area contributed by atoms with E-state index in [1.807, 2.05) is 13.8 Å². The lowest BCUT2D eigenvalue weighted by Gasteiger charge is -2.32. The second kappa shape index (κ2) is 10.1. The van der Waals surface area contributed by atoms with Gasteiger partial charge in [-0.3, -0.25) is 9.69 Å². The van der Waals surface area contributed by atoms with Crippen LogP contribution in [-0.4, -0.2) is 48.7 Å². The van der Waals surface area contributed by atoms with Crippen molar-refractivity contribution >= 4 is 38.4 Å². The van der Waals surface area contributed by atoms with Crippen LogP contribution >= 0.6 is 11.3 Å². The Hall–Kier alpha value is -2.30. The number of carbonyl (C=O) groups is 2. The maximum Gasteiger partial charge on any atom is 0.338 e. The smallest absolute Gasteiger partial charge is 0.338 e. The zero-order valence-corrected chi connectivity index (χ0v) is 20.5. The number of nitrogens with zero attached hydrogens (tertiary/aromatic N) is 3. The summed E-state index contributed by atoms with van der Waals surface area (Å²) >= 11 is 1.30. The molecule has 1 aliphatic heterocycles. The van der Waals surface area contributed by atoms with Crippen molar-refractivity contribution in [2.24, 2.45) is 0 Å². The first kappa shape index (κ1) is 24.3. The number of hydrogen-bond acceptors (Lipinski definition) is 7. The number of hydrogen-bond donors (Lipinski definition) is 0. The second-order valence-corrected chi connectivity index (χ2v) is 10.6. The number of benzene rings is 1. The summed E-state index contributed by atoms with van der Waals surface area (Å²) in [4.78, 5) is 30.4. The number of piperidine rings is 1. The first-order chi connectivity index (χ1) is 15.1. The summed E-state index contributed by atoms with van der Waals surface area (Å²) in [5, 5.41) is 2.28. The third-order valence-electron chi connectivity index (χ3n) is 5.60. The van der Waals surface area contributed by atoms with E-state index in [0.717, 1.165) is 19.3 Å². The van der Waals surface area contributed by atoms with Crippen molar-refractivity contribution in [3.63, 3.8) is 0 Å². The van der Waals surface area contributed by atoms with Gasteiger partial charge in [0.1, 0.15) is 6.61 Å². The average Bonchev–Trinajstić information content (AvgIpc) is 3.21. The zero-order valence-electron chi connectivity index (χ0n) is 18.8. The van der Waals surface area contributed by atoms with Gasteiger partial charge >= 0.3 is 5.97 Å². The summed E-state index contributed by atoms with van der Waals surface area (Å²) in [5.74, 6) is -0.721. The van der Waals surface area contributed by atoms with Gasteiger partial charge in [-0.1, -0.05) is 12.5 Å². The average molecular weight is 480 g/mol. The fraction of sp³-hybridized carbons (Fsp3) is 0.500. The standard InChI is InChI=1S/C22H29N3O5S2/c1-5-24(17(4)26)22-23-18(14-31-22)13-30-21(27)20-12-19(10-9-15(20)2)32(28,29)25-11-7-6-8-16(25)3/h9-10,12,14,16H,5-8,11,13H2,1-4H3. The molecule has 3 rings (SSSR count). The summed E-state index contributed by atoms with van der Waals surface area (Å²) in [6.07, 6.45) is 2.67. The first-order valence-electron chi connectivity index (χ1n) is 10.7. The maximum absolute atomic E-state index is 13.1.